The van der Waals surface area contributed by atoms with E-state index in [1.165, 1.54) is 0 Å². The number of ether oxygens (including phenoxy) is 2. The lowest BCUT2D eigenvalue weighted by molar-refractivity contribution is -0.344. The Hall–Kier alpha value is -1.62. The van der Waals surface area contributed by atoms with E-state index in [4.69, 9.17) is 4.74 Å². The van der Waals surface area contributed by atoms with Crippen LogP contribution in [0.15, 0.2) is 0 Å². The first-order chi connectivity index (χ1) is 12.1. The molecule has 4 nitrogen and oxygen atoms in total. The molecule has 0 radical (unpaired) electrons. The highest BCUT2D eigenvalue weighted by atomic mass is 19.4. The Morgan fingerprint density at radius 1 is 0.889 bits per heavy atom. The van der Waals surface area contributed by atoms with E-state index >= 15 is 0 Å². The Morgan fingerprint density at radius 3 is 1.81 bits per heavy atom. The summed E-state index contributed by atoms with van der Waals surface area (Å²) in [6, 6.07) is 0. The molecule has 0 aliphatic heterocycles. The fraction of sp³-hybridized carbons (Fsp3) is 0.867. The van der Waals surface area contributed by atoms with Gasteiger partial charge in [0, 0.05) is 12.8 Å². The average Bonchev–Trinajstić information content (AvgIpc) is 2.52. The topological polar surface area (TPSA) is 52.6 Å². The molecule has 0 aromatic heterocycles. The van der Waals surface area contributed by atoms with Crippen molar-refractivity contribution in [2.24, 2.45) is 5.92 Å². The number of hydrogen-bond acceptors (Lipinski definition) is 4. The van der Waals surface area contributed by atoms with Crippen LogP contribution in [-0.2, 0) is 19.1 Å². The van der Waals surface area contributed by atoms with Crippen LogP contribution >= 0.6 is 0 Å². The van der Waals surface area contributed by atoms with E-state index < -0.39 is 55.3 Å². The second-order valence-electron chi connectivity index (χ2n) is 6.16. The fourth-order valence-corrected chi connectivity index (χ4v) is 1.49. The van der Waals surface area contributed by atoms with Crippen LogP contribution in [0.1, 0.15) is 40.0 Å². The summed E-state index contributed by atoms with van der Waals surface area (Å²) >= 11 is 0. The van der Waals surface area contributed by atoms with Crippen molar-refractivity contribution in [2.45, 2.75) is 70.3 Å². The number of hydrogen-bond donors (Lipinski definition) is 0. The third-order valence-electron chi connectivity index (χ3n) is 3.58. The van der Waals surface area contributed by atoms with Gasteiger partial charge in [-0.2, -0.15) is 26.3 Å². The van der Waals surface area contributed by atoms with Crippen molar-refractivity contribution in [3.63, 3.8) is 0 Å². The molecule has 0 aliphatic rings. The number of esters is 2. The van der Waals surface area contributed by atoms with Gasteiger partial charge < -0.3 is 9.47 Å². The molecule has 0 spiro atoms. The minimum atomic E-state index is -6.44. The van der Waals surface area contributed by atoms with E-state index in [1.807, 2.05) is 0 Å². The SMILES string of the molecule is CC(C)C(C)OC(=O)CCCC(=O)OCC(F)(F)C(F)(F)C(F)(F)C(F)F. The lowest BCUT2D eigenvalue weighted by atomic mass is 10.1. The molecule has 0 rings (SSSR count). The Labute approximate surface area is 150 Å². The minimum absolute atomic E-state index is 0.0224. The van der Waals surface area contributed by atoms with Crippen LogP contribution in [-0.4, -0.2) is 48.8 Å². The van der Waals surface area contributed by atoms with E-state index in [0.29, 0.717) is 0 Å². The molecule has 160 valence electrons. The minimum Gasteiger partial charge on any atom is -0.462 e. The summed E-state index contributed by atoms with van der Waals surface area (Å²) in [5, 5.41) is 0. The van der Waals surface area contributed by atoms with Gasteiger partial charge >= 0.3 is 36.1 Å². The molecule has 0 bridgehead atoms. The standard InChI is InChI=1S/C15H20F8O4/c1-8(2)9(3)27-11(25)6-4-5-10(24)26-7-13(18,19)15(22,23)14(20,21)12(16)17/h8-9,12H,4-7H2,1-3H3. The van der Waals surface area contributed by atoms with Crippen molar-refractivity contribution in [2.75, 3.05) is 6.61 Å². The Morgan fingerprint density at radius 2 is 1.37 bits per heavy atom. The van der Waals surface area contributed by atoms with Gasteiger partial charge in [-0.3, -0.25) is 9.59 Å². The Balaban J connectivity index is 4.51. The van der Waals surface area contributed by atoms with Crippen LogP contribution in [0.4, 0.5) is 35.1 Å². The third kappa shape index (κ3) is 6.80. The maximum Gasteiger partial charge on any atom is 0.381 e. The molecular weight excluding hydrogens is 396 g/mol. The molecule has 0 heterocycles. The molecule has 0 saturated carbocycles. The highest BCUT2D eigenvalue weighted by Gasteiger charge is 2.75. The summed E-state index contributed by atoms with van der Waals surface area (Å²) in [6.45, 7) is 2.66. The summed E-state index contributed by atoms with van der Waals surface area (Å²) in [5.41, 5.74) is 0. The van der Waals surface area contributed by atoms with Crippen molar-refractivity contribution in [3.05, 3.63) is 0 Å². The zero-order chi connectivity index (χ0) is 21.6. The predicted octanol–water partition coefficient (Wildman–Crippen LogP) is 4.46. The lowest BCUT2D eigenvalue weighted by Gasteiger charge is -2.31. The molecule has 0 saturated heterocycles. The summed E-state index contributed by atoms with van der Waals surface area (Å²) in [7, 11) is 0. The third-order valence-corrected chi connectivity index (χ3v) is 3.58. The van der Waals surface area contributed by atoms with Crippen molar-refractivity contribution in [1.82, 2.24) is 0 Å². The number of carbonyl (C=O) groups is 2. The first-order valence-electron chi connectivity index (χ1n) is 7.83. The first kappa shape index (κ1) is 25.4. The number of rotatable bonds is 11. The average molecular weight is 416 g/mol. The van der Waals surface area contributed by atoms with Crippen LogP contribution in [0.5, 0.6) is 0 Å². The van der Waals surface area contributed by atoms with E-state index in [1.54, 1.807) is 20.8 Å². The van der Waals surface area contributed by atoms with Crippen molar-refractivity contribution in [3.8, 4) is 0 Å². The van der Waals surface area contributed by atoms with Gasteiger partial charge in [-0.05, 0) is 19.3 Å². The summed E-state index contributed by atoms with van der Waals surface area (Å²) < 4.78 is 110. The van der Waals surface area contributed by atoms with Crippen LogP contribution in [0.3, 0.4) is 0 Å². The number of carbonyl (C=O) groups excluding carboxylic acids is 2. The van der Waals surface area contributed by atoms with E-state index in [9.17, 15) is 44.7 Å². The van der Waals surface area contributed by atoms with Gasteiger partial charge in [0.1, 0.15) is 6.10 Å². The quantitative estimate of drug-likeness (QED) is 0.369. The fourth-order valence-electron chi connectivity index (χ4n) is 1.49. The van der Waals surface area contributed by atoms with Crippen molar-refractivity contribution >= 4 is 11.9 Å². The summed E-state index contributed by atoms with van der Waals surface area (Å²) in [5.74, 6) is -20.7. The predicted molar refractivity (Wildman–Crippen MR) is 76.0 cm³/mol. The smallest absolute Gasteiger partial charge is 0.381 e. The highest BCUT2D eigenvalue weighted by molar-refractivity contribution is 5.72. The molecule has 0 aromatic rings. The van der Waals surface area contributed by atoms with Crippen LogP contribution in [0, 0.1) is 5.92 Å². The van der Waals surface area contributed by atoms with E-state index in [2.05, 4.69) is 4.74 Å². The summed E-state index contributed by atoms with van der Waals surface area (Å²) in [6.07, 6.45) is -6.67. The molecule has 0 N–H and O–H groups in total. The number of halogens is 8. The molecule has 0 amide bonds. The van der Waals surface area contributed by atoms with E-state index in [0.717, 1.165) is 0 Å². The van der Waals surface area contributed by atoms with Gasteiger partial charge in [0.05, 0.1) is 0 Å². The lowest BCUT2D eigenvalue weighted by Crippen LogP contribution is -2.59. The Kier molecular flexibility index (Phi) is 8.97. The molecule has 0 aliphatic carbocycles. The largest absolute Gasteiger partial charge is 0.462 e. The zero-order valence-corrected chi connectivity index (χ0v) is 14.7. The normalized spacial score (nSPS) is 14.4. The van der Waals surface area contributed by atoms with Gasteiger partial charge in [-0.15, -0.1) is 0 Å². The van der Waals surface area contributed by atoms with Crippen molar-refractivity contribution in [1.29, 1.82) is 0 Å². The molecule has 27 heavy (non-hydrogen) atoms. The summed E-state index contributed by atoms with van der Waals surface area (Å²) in [4.78, 5) is 22.6. The van der Waals surface area contributed by atoms with Crippen LogP contribution in [0.2, 0.25) is 0 Å². The van der Waals surface area contributed by atoms with Gasteiger partial charge in [0.15, 0.2) is 6.61 Å². The maximum absolute atomic E-state index is 13.2. The maximum atomic E-state index is 13.2. The number of alkyl halides is 8. The molecule has 12 heteroatoms. The molecular formula is C15H20F8O4. The van der Waals surface area contributed by atoms with Gasteiger partial charge in [-0.1, -0.05) is 13.8 Å². The van der Waals surface area contributed by atoms with Gasteiger partial charge in [0.25, 0.3) is 0 Å². The van der Waals surface area contributed by atoms with Gasteiger partial charge in [0.2, 0.25) is 0 Å². The molecule has 1 unspecified atom stereocenters. The van der Waals surface area contributed by atoms with Crippen LogP contribution < -0.4 is 0 Å². The van der Waals surface area contributed by atoms with Crippen LogP contribution in [0.25, 0.3) is 0 Å². The molecule has 0 fully saturated rings. The van der Waals surface area contributed by atoms with Crippen molar-refractivity contribution < 1.29 is 54.2 Å². The zero-order valence-electron chi connectivity index (χ0n) is 14.7. The molecule has 0 aromatic carbocycles. The monoisotopic (exact) mass is 416 g/mol. The second-order valence-corrected chi connectivity index (χ2v) is 6.16. The van der Waals surface area contributed by atoms with E-state index in [-0.39, 0.29) is 18.8 Å². The second kappa shape index (κ2) is 9.54. The first-order valence-corrected chi connectivity index (χ1v) is 7.83. The Bertz CT molecular complexity index is 508. The van der Waals surface area contributed by atoms with Gasteiger partial charge in [-0.25, -0.2) is 8.78 Å². The molecule has 1 atom stereocenters. The highest BCUT2D eigenvalue weighted by Crippen LogP contribution is 2.48.